The minimum Gasteiger partial charge on any atom is -0.399 e. The van der Waals surface area contributed by atoms with Crippen molar-refractivity contribution in [3.8, 4) is 0 Å². The number of hydrogen-bond acceptors (Lipinski definition) is 3. The number of nitrogens with two attached hydrogens (primary N) is 1. The maximum absolute atomic E-state index is 12.3. The Kier molecular flexibility index (Phi) is 5.10. The second-order valence-corrected chi connectivity index (χ2v) is 6.36. The molecule has 0 saturated heterocycles. The zero-order chi connectivity index (χ0) is 15.4. The summed E-state index contributed by atoms with van der Waals surface area (Å²) in [6.07, 6.45) is 6.62. The molecule has 1 fully saturated rings. The summed E-state index contributed by atoms with van der Waals surface area (Å²) < 4.78 is 0. The van der Waals surface area contributed by atoms with Crippen LogP contribution in [0.2, 0.25) is 0 Å². The summed E-state index contributed by atoms with van der Waals surface area (Å²) >= 11 is 0. The summed E-state index contributed by atoms with van der Waals surface area (Å²) in [4.78, 5) is 16.1. The van der Waals surface area contributed by atoms with Crippen molar-refractivity contribution in [3.63, 3.8) is 0 Å². The third-order valence-corrected chi connectivity index (χ3v) is 4.33. The lowest BCUT2D eigenvalue weighted by Gasteiger charge is -2.30. The summed E-state index contributed by atoms with van der Waals surface area (Å²) in [5.74, 6) is 0.757. The van der Waals surface area contributed by atoms with Gasteiger partial charge in [0.15, 0.2) is 0 Å². The molecule has 116 valence electrons. The summed E-state index contributed by atoms with van der Waals surface area (Å²) in [5.41, 5.74) is 8.30. The van der Waals surface area contributed by atoms with Gasteiger partial charge in [-0.25, -0.2) is 0 Å². The van der Waals surface area contributed by atoms with E-state index in [-0.39, 0.29) is 5.91 Å². The molecule has 1 aromatic carbocycles. The average Bonchev–Trinajstić information content (AvgIpc) is 2.47. The second kappa shape index (κ2) is 6.83. The third-order valence-electron chi connectivity index (χ3n) is 4.33. The monoisotopic (exact) mass is 289 g/mol. The molecule has 1 aliphatic rings. The standard InChI is InChI=1S/C17H27N3O/c1-19(2)17(21)15-10-9-14(18)11-16(15)20(3)12-13-7-5-4-6-8-13/h9-11,13H,4-8,12,18H2,1-3H3. The number of rotatable bonds is 4. The summed E-state index contributed by atoms with van der Waals surface area (Å²) in [5, 5.41) is 0. The molecule has 2 rings (SSSR count). The van der Waals surface area contributed by atoms with Crippen LogP contribution in [-0.4, -0.2) is 38.5 Å². The van der Waals surface area contributed by atoms with Crippen LogP contribution in [-0.2, 0) is 0 Å². The third kappa shape index (κ3) is 3.90. The van der Waals surface area contributed by atoms with E-state index in [0.29, 0.717) is 5.69 Å². The van der Waals surface area contributed by atoms with E-state index in [0.717, 1.165) is 23.7 Å². The summed E-state index contributed by atoms with van der Waals surface area (Å²) in [6.45, 7) is 0.997. The van der Waals surface area contributed by atoms with E-state index in [1.54, 1.807) is 25.1 Å². The lowest BCUT2D eigenvalue weighted by molar-refractivity contribution is 0.0828. The lowest BCUT2D eigenvalue weighted by atomic mass is 9.89. The van der Waals surface area contributed by atoms with Gasteiger partial charge in [0.1, 0.15) is 0 Å². The maximum atomic E-state index is 12.3. The van der Waals surface area contributed by atoms with Gasteiger partial charge in [-0.15, -0.1) is 0 Å². The molecule has 4 nitrogen and oxygen atoms in total. The molecular formula is C17H27N3O. The van der Waals surface area contributed by atoms with Crippen molar-refractivity contribution >= 4 is 17.3 Å². The molecule has 4 heteroatoms. The van der Waals surface area contributed by atoms with Crippen LogP contribution in [0.3, 0.4) is 0 Å². The van der Waals surface area contributed by atoms with Crippen molar-refractivity contribution in [2.24, 2.45) is 5.92 Å². The van der Waals surface area contributed by atoms with Crippen LogP contribution in [0.1, 0.15) is 42.5 Å². The van der Waals surface area contributed by atoms with Crippen molar-refractivity contribution in [2.45, 2.75) is 32.1 Å². The van der Waals surface area contributed by atoms with Gasteiger partial charge in [0.05, 0.1) is 11.3 Å². The molecule has 0 radical (unpaired) electrons. The highest BCUT2D eigenvalue weighted by Crippen LogP contribution is 2.28. The molecule has 0 bridgehead atoms. The van der Waals surface area contributed by atoms with Crippen molar-refractivity contribution < 1.29 is 4.79 Å². The SMILES string of the molecule is CN(C)C(=O)c1ccc(N)cc1N(C)CC1CCCCC1. The predicted molar refractivity (Wildman–Crippen MR) is 88.7 cm³/mol. The van der Waals surface area contributed by atoms with Crippen LogP contribution >= 0.6 is 0 Å². The van der Waals surface area contributed by atoms with Crippen LogP contribution in [0.5, 0.6) is 0 Å². The van der Waals surface area contributed by atoms with E-state index in [4.69, 9.17) is 5.73 Å². The van der Waals surface area contributed by atoms with Gasteiger partial charge in [0.2, 0.25) is 0 Å². The molecule has 1 aromatic rings. The highest BCUT2D eigenvalue weighted by molar-refractivity contribution is 6.00. The highest BCUT2D eigenvalue weighted by Gasteiger charge is 2.20. The van der Waals surface area contributed by atoms with E-state index >= 15 is 0 Å². The Hall–Kier alpha value is -1.71. The Labute approximate surface area is 127 Å². The Balaban J connectivity index is 2.19. The number of carbonyl (C=O) groups excluding carboxylic acids is 1. The molecule has 0 aliphatic heterocycles. The molecule has 1 saturated carbocycles. The zero-order valence-electron chi connectivity index (χ0n) is 13.4. The first-order valence-electron chi connectivity index (χ1n) is 7.81. The van der Waals surface area contributed by atoms with Crippen LogP contribution in [0.25, 0.3) is 0 Å². The van der Waals surface area contributed by atoms with E-state index in [2.05, 4.69) is 11.9 Å². The average molecular weight is 289 g/mol. The molecule has 0 aromatic heterocycles. The predicted octanol–water partition coefficient (Wildman–Crippen LogP) is 2.99. The molecule has 0 atom stereocenters. The maximum Gasteiger partial charge on any atom is 0.255 e. The lowest BCUT2D eigenvalue weighted by Crippen LogP contribution is -2.30. The number of amides is 1. The molecular weight excluding hydrogens is 262 g/mol. The van der Waals surface area contributed by atoms with Gasteiger partial charge in [0.25, 0.3) is 5.91 Å². The van der Waals surface area contributed by atoms with Crippen molar-refractivity contribution in [2.75, 3.05) is 38.3 Å². The number of nitrogen functional groups attached to an aromatic ring is 1. The Morgan fingerprint density at radius 3 is 2.48 bits per heavy atom. The molecule has 0 spiro atoms. The van der Waals surface area contributed by atoms with Gasteiger partial charge in [-0.3, -0.25) is 4.79 Å². The molecule has 1 aliphatic carbocycles. The van der Waals surface area contributed by atoms with Gasteiger partial charge in [-0.2, -0.15) is 0 Å². The number of carbonyl (C=O) groups is 1. The Bertz CT molecular complexity index is 493. The van der Waals surface area contributed by atoms with Gasteiger partial charge in [-0.05, 0) is 37.0 Å². The fourth-order valence-corrected chi connectivity index (χ4v) is 3.14. The van der Waals surface area contributed by atoms with Crippen LogP contribution < -0.4 is 10.6 Å². The first kappa shape index (κ1) is 15.7. The number of benzene rings is 1. The normalized spacial score (nSPS) is 15.8. The second-order valence-electron chi connectivity index (χ2n) is 6.36. The topological polar surface area (TPSA) is 49.6 Å². The van der Waals surface area contributed by atoms with Gasteiger partial charge < -0.3 is 15.5 Å². The van der Waals surface area contributed by atoms with Gasteiger partial charge >= 0.3 is 0 Å². The van der Waals surface area contributed by atoms with Crippen molar-refractivity contribution in [1.82, 2.24) is 4.90 Å². The molecule has 0 unspecified atom stereocenters. The Morgan fingerprint density at radius 1 is 1.19 bits per heavy atom. The van der Waals surface area contributed by atoms with E-state index in [1.807, 2.05) is 12.1 Å². The number of nitrogens with zero attached hydrogens (tertiary/aromatic N) is 2. The highest BCUT2D eigenvalue weighted by atomic mass is 16.2. The summed E-state index contributed by atoms with van der Waals surface area (Å²) in [7, 11) is 5.63. The van der Waals surface area contributed by atoms with E-state index < -0.39 is 0 Å². The first-order valence-corrected chi connectivity index (χ1v) is 7.81. The summed E-state index contributed by atoms with van der Waals surface area (Å²) in [6, 6.07) is 5.55. The van der Waals surface area contributed by atoms with Crippen LogP contribution in [0, 0.1) is 5.92 Å². The van der Waals surface area contributed by atoms with Gasteiger partial charge in [-0.1, -0.05) is 19.3 Å². The minimum atomic E-state index is 0.0282. The van der Waals surface area contributed by atoms with Crippen LogP contribution in [0.4, 0.5) is 11.4 Å². The number of anilines is 2. The molecule has 21 heavy (non-hydrogen) atoms. The fraction of sp³-hybridized carbons (Fsp3) is 0.588. The first-order chi connectivity index (χ1) is 9.99. The molecule has 0 heterocycles. The fourth-order valence-electron chi connectivity index (χ4n) is 3.14. The largest absolute Gasteiger partial charge is 0.399 e. The quantitative estimate of drug-likeness (QED) is 0.867. The Morgan fingerprint density at radius 2 is 1.86 bits per heavy atom. The van der Waals surface area contributed by atoms with Crippen molar-refractivity contribution in [3.05, 3.63) is 23.8 Å². The van der Waals surface area contributed by atoms with Crippen molar-refractivity contribution in [1.29, 1.82) is 0 Å². The number of hydrogen-bond donors (Lipinski definition) is 1. The van der Waals surface area contributed by atoms with Crippen LogP contribution in [0.15, 0.2) is 18.2 Å². The molecule has 2 N–H and O–H groups in total. The van der Waals surface area contributed by atoms with E-state index in [1.165, 1.54) is 32.1 Å². The molecule has 1 amide bonds. The van der Waals surface area contributed by atoms with E-state index in [9.17, 15) is 4.79 Å². The minimum absolute atomic E-state index is 0.0282. The van der Waals surface area contributed by atoms with Gasteiger partial charge in [0, 0.05) is 33.4 Å². The smallest absolute Gasteiger partial charge is 0.255 e. The zero-order valence-corrected chi connectivity index (χ0v) is 13.4.